The number of H-pyrrole nitrogens is 1. The first-order valence-electron chi connectivity index (χ1n) is 9.05. The summed E-state index contributed by atoms with van der Waals surface area (Å²) in [5.74, 6) is -0.0289. The van der Waals surface area contributed by atoms with Crippen molar-refractivity contribution in [2.75, 3.05) is 18.8 Å². The summed E-state index contributed by atoms with van der Waals surface area (Å²) >= 11 is 6.34. The predicted octanol–water partition coefficient (Wildman–Crippen LogP) is 4.16. The molecule has 2 heterocycles. The molecule has 2 N–H and O–H groups in total. The van der Waals surface area contributed by atoms with Gasteiger partial charge >= 0.3 is 0 Å². The molecule has 0 bridgehead atoms. The van der Waals surface area contributed by atoms with Gasteiger partial charge in [-0.3, -0.25) is 9.59 Å². The Bertz CT molecular complexity index is 942. The molecule has 0 spiro atoms. The number of imidazole rings is 1. The molecule has 29 heavy (non-hydrogen) atoms. The van der Waals surface area contributed by atoms with Gasteiger partial charge in [-0.25, -0.2) is 4.98 Å². The van der Waals surface area contributed by atoms with Crippen LogP contribution in [0.3, 0.4) is 0 Å². The number of thioether (sulfide) groups is 1. The first-order valence-corrected chi connectivity index (χ1v) is 11.7. The highest BCUT2D eigenvalue weighted by Gasteiger charge is 2.16. The van der Waals surface area contributed by atoms with Gasteiger partial charge in [0.25, 0.3) is 0 Å². The van der Waals surface area contributed by atoms with Crippen LogP contribution < -0.4 is 5.32 Å². The predicted molar refractivity (Wildman–Crippen MR) is 121 cm³/mol. The Labute approximate surface area is 186 Å². The highest BCUT2D eigenvalue weighted by Crippen LogP contribution is 2.23. The van der Waals surface area contributed by atoms with Crippen molar-refractivity contribution in [3.63, 3.8) is 0 Å². The number of hydrogen-bond donors (Lipinski definition) is 2. The van der Waals surface area contributed by atoms with Crippen LogP contribution in [0.5, 0.6) is 0 Å². The number of rotatable bonds is 9. The molecule has 0 atom stereocenters. The lowest BCUT2D eigenvalue weighted by atomic mass is 10.2. The third-order valence-corrected chi connectivity index (χ3v) is 6.43. The number of aromatic nitrogens is 2. The number of nitrogens with zero attached hydrogens (tertiary/aromatic N) is 2. The second kappa shape index (κ2) is 10.6. The van der Waals surface area contributed by atoms with Crippen LogP contribution in [0.2, 0.25) is 0 Å². The number of thiophene rings is 1. The fraction of sp³-hybridized carbons (Fsp3) is 0.250. The first kappa shape index (κ1) is 21.6. The summed E-state index contributed by atoms with van der Waals surface area (Å²) in [5.41, 5.74) is 1.92. The molecule has 0 aliphatic heterocycles. The minimum atomic E-state index is -0.158. The van der Waals surface area contributed by atoms with Crippen molar-refractivity contribution in [1.29, 1.82) is 0 Å². The largest absolute Gasteiger partial charge is 0.350 e. The Morgan fingerprint density at radius 1 is 1.28 bits per heavy atom. The maximum atomic E-state index is 12.5. The third-order valence-electron chi connectivity index (χ3n) is 4.15. The summed E-state index contributed by atoms with van der Waals surface area (Å²) in [6.07, 6.45) is 1.76. The van der Waals surface area contributed by atoms with E-state index in [0.29, 0.717) is 18.2 Å². The zero-order valence-corrected chi connectivity index (χ0v) is 19.1. The zero-order valence-electron chi connectivity index (χ0n) is 15.9. The molecule has 9 heteroatoms. The van der Waals surface area contributed by atoms with Gasteiger partial charge in [-0.1, -0.05) is 45.9 Å². The number of halogens is 1. The van der Waals surface area contributed by atoms with Crippen LogP contribution in [-0.2, 0) is 16.1 Å². The first-order chi connectivity index (χ1) is 14.0. The topological polar surface area (TPSA) is 78.1 Å². The van der Waals surface area contributed by atoms with E-state index in [1.165, 1.54) is 11.8 Å². The van der Waals surface area contributed by atoms with Crippen LogP contribution in [0.1, 0.15) is 11.8 Å². The smallest absolute Gasteiger partial charge is 0.239 e. The van der Waals surface area contributed by atoms with Crippen molar-refractivity contribution in [2.45, 2.75) is 18.6 Å². The molecule has 0 aliphatic rings. The Hall–Kier alpha value is -2.10. The second-order valence-electron chi connectivity index (χ2n) is 6.16. The number of benzene rings is 1. The van der Waals surface area contributed by atoms with Crippen molar-refractivity contribution in [3.05, 3.63) is 57.3 Å². The van der Waals surface area contributed by atoms with Crippen molar-refractivity contribution in [1.82, 2.24) is 20.2 Å². The molecule has 1 aromatic carbocycles. The van der Waals surface area contributed by atoms with Gasteiger partial charge in [-0.05, 0) is 36.1 Å². The van der Waals surface area contributed by atoms with Gasteiger partial charge in [0.15, 0.2) is 5.16 Å². The lowest BCUT2D eigenvalue weighted by molar-refractivity contribution is -0.133. The maximum absolute atomic E-state index is 12.5. The molecule has 3 rings (SSSR count). The number of hydrogen-bond acceptors (Lipinski definition) is 5. The molecule has 0 saturated carbocycles. The van der Waals surface area contributed by atoms with Crippen LogP contribution in [0.25, 0.3) is 11.3 Å². The number of nitrogens with one attached hydrogen (secondary N) is 2. The number of carbonyl (C=O) groups excluding carboxylic acids is 2. The molecule has 2 amide bonds. The lowest BCUT2D eigenvalue weighted by Crippen LogP contribution is -2.41. The second-order valence-corrected chi connectivity index (χ2v) is 9.07. The van der Waals surface area contributed by atoms with E-state index in [1.54, 1.807) is 22.4 Å². The van der Waals surface area contributed by atoms with Crippen molar-refractivity contribution in [2.24, 2.45) is 0 Å². The minimum absolute atomic E-state index is 0.0591. The Morgan fingerprint density at radius 3 is 2.76 bits per heavy atom. The van der Waals surface area contributed by atoms with Crippen LogP contribution in [0.15, 0.2) is 57.6 Å². The summed E-state index contributed by atoms with van der Waals surface area (Å²) < 4.78 is 1.01. The van der Waals surface area contributed by atoms with Crippen LogP contribution in [-0.4, -0.2) is 45.5 Å². The molecule has 0 saturated heterocycles. The Balaban J connectivity index is 1.48. The fourth-order valence-electron chi connectivity index (χ4n) is 2.58. The van der Waals surface area contributed by atoms with E-state index in [4.69, 9.17) is 0 Å². The molecule has 3 aromatic rings. The third kappa shape index (κ3) is 6.45. The van der Waals surface area contributed by atoms with E-state index in [9.17, 15) is 9.59 Å². The summed E-state index contributed by atoms with van der Waals surface area (Å²) in [6, 6.07) is 11.8. The van der Waals surface area contributed by atoms with E-state index in [-0.39, 0.29) is 24.1 Å². The monoisotopic (exact) mass is 492 g/mol. The molecule has 0 aliphatic carbocycles. The van der Waals surface area contributed by atoms with E-state index in [1.807, 2.05) is 48.7 Å². The Morgan fingerprint density at radius 2 is 2.07 bits per heavy atom. The molecular weight excluding hydrogens is 472 g/mol. The lowest BCUT2D eigenvalue weighted by Gasteiger charge is -2.19. The normalized spacial score (nSPS) is 10.7. The van der Waals surface area contributed by atoms with Crippen molar-refractivity contribution in [3.8, 4) is 11.3 Å². The molecule has 2 aromatic heterocycles. The van der Waals surface area contributed by atoms with Crippen molar-refractivity contribution < 1.29 is 9.59 Å². The maximum Gasteiger partial charge on any atom is 0.239 e. The summed E-state index contributed by atoms with van der Waals surface area (Å²) in [5, 5.41) is 5.50. The molecule has 0 fully saturated rings. The standard InChI is InChI=1S/C20H21BrN4O2S2/c1-2-25(12-18(26)22-10-16-4-3-9-28-16)19(27)13-29-20-23-11-17(24-20)14-5-7-15(21)8-6-14/h3-9,11H,2,10,12-13H2,1H3,(H,22,26)(H,23,24). The van der Waals surface area contributed by atoms with Gasteiger partial charge < -0.3 is 15.2 Å². The van der Waals surface area contributed by atoms with Gasteiger partial charge in [0.1, 0.15) is 0 Å². The highest BCUT2D eigenvalue weighted by atomic mass is 79.9. The molecule has 0 radical (unpaired) electrons. The fourth-order valence-corrected chi connectivity index (χ4v) is 4.24. The highest BCUT2D eigenvalue weighted by molar-refractivity contribution is 9.10. The van der Waals surface area contributed by atoms with E-state index in [2.05, 4.69) is 31.2 Å². The summed E-state index contributed by atoms with van der Waals surface area (Å²) in [4.78, 5) is 34.9. The number of likely N-dealkylation sites (N-methyl/N-ethyl adjacent to an activating group) is 1. The van der Waals surface area contributed by atoms with Crippen LogP contribution in [0, 0.1) is 0 Å². The van der Waals surface area contributed by atoms with Crippen LogP contribution >= 0.6 is 39.0 Å². The van der Waals surface area contributed by atoms with E-state index >= 15 is 0 Å². The van der Waals surface area contributed by atoms with Crippen LogP contribution in [0.4, 0.5) is 0 Å². The zero-order chi connectivity index (χ0) is 20.6. The summed E-state index contributed by atoms with van der Waals surface area (Å²) in [6.45, 7) is 2.90. The summed E-state index contributed by atoms with van der Waals surface area (Å²) in [7, 11) is 0. The van der Waals surface area contributed by atoms with Gasteiger partial charge in [-0.2, -0.15) is 0 Å². The van der Waals surface area contributed by atoms with Gasteiger partial charge in [0, 0.05) is 15.9 Å². The van der Waals surface area contributed by atoms with E-state index < -0.39 is 0 Å². The van der Waals surface area contributed by atoms with Gasteiger partial charge in [0.05, 0.1) is 30.7 Å². The molecule has 0 unspecified atom stereocenters. The molecule has 152 valence electrons. The average Bonchev–Trinajstić information content (AvgIpc) is 3.41. The van der Waals surface area contributed by atoms with Gasteiger partial charge in [-0.15, -0.1) is 11.3 Å². The quantitative estimate of drug-likeness (QED) is 0.439. The Kier molecular flexibility index (Phi) is 7.91. The average molecular weight is 493 g/mol. The number of carbonyl (C=O) groups is 2. The van der Waals surface area contributed by atoms with E-state index in [0.717, 1.165) is 20.6 Å². The molecule has 6 nitrogen and oxygen atoms in total. The van der Waals surface area contributed by atoms with Crippen molar-refractivity contribution >= 4 is 50.8 Å². The number of aromatic amines is 1. The molecular formula is C20H21BrN4O2S2. The van der Waals surface area contributed by atoms with Gasteiger partial charge in [0.2, 0.25) is 11.8 Å². The number of amides is 2. The SMILES string of the molecule is CCN(CC(=O)NCc1cccs1)C(=O)CSc1ncc(-c2ccc(Br)cc2)[nH]1. The minimum Gasteiger partial charge on any atom is -0.350 e.